The smallest absolute Gasteiger partial charge is 0.326 e. The van der Waals surface area contributed by atoms with Crippen LogP contribution in [0.3, 0.4) is 0 Å². The molecule has 4 nitrogen and oxygen atoms in total. The van der Waals surface area contributed by atoms with Crippen LogP contribution in [0.15, 0.2) is 0 Å². The predicted octanol–water partition coefficient (Wildman–Crippen LogP) is 2.57. The molecule has 0 spiro atoms. The molecule has 0 saturated heterocycles. The summed E-state index contributed by atoms with van der Waals surface area (Å²) in [6, 6.07) is -0.712. The van der Waals surface area contributed by atoms with E-state index >= 15 is 0 Å². The van der Waals surface area contributed by atoms with Crippen molar-refractivity contribution in [3.63, 3.8) is 0 Å². The molecule has 0 aromatic heterocycles. The van der Waals surface area contributed by atoms with Gasteiger partial charge in [-0.25, -0.2) is 4.79 Å². The molecule has 0 aliphatic heterocycles. The van der Waals surface area contributed by atoms with Gasteiger partial charge in [0, 0.05) is 6.42 Å². The second-order valence-electron chi connectivity index (χ2n) is 5.59. The molecule has 1 saturated carbocycles. The van der Waals surface area contributed by atoms with Crippen LogP contribution < -0.4 is 5.32 Å². The second-order valence-corrected chi connectivity index (χ2v) is 5.59. The molecule has 0 heterocycles. The van der Waals surface area contributed by atoms with E-state index in [-0.39, 0.29) is 5.91 Å². The van der Waals surface area contributed by atoms with Gasteiger partial charge in [0.05, 0.1) is 0 Å². The van der Waals surface area contributed by atoms with Gasteiger partial charge >= 0.3 is 5.97 Å². The summed E-state index contributed by atoms with van der Waals surface area (Å²) in [5.74, 6) is 0.132. The van der Waals surface area contributed by atoms with E-state index in [0.29, 0.717) is 24.7 Å². The summed E-state index contributed by atoms with van der Waals surface area (Å²) in [6.45, 7) is 4.22. The van der Waals surface area contributed by atoms with Gasteiger partial charge in [0.2, 0.25) is 5.91 Å². The van der Waals surface area contributed by atoms with Crippen LogP contribution in [0.5, 0.6) is 0 Å². The van der Waals surface area contributed by atoms with Crippen molar-refractivity contribution in [3.8, 4) is 0 Å². The van der Waals surface area contributed by atoms with Crippen LogP contribution in [-0.2, 0) is 9.59 Å². The molecule has 2 N–H and O–H groups in total. The predicted molar refractivity (Wildman–Crippen MR) is 70.2 cm³/mol. The second kappa shape index (κ2) is 7.39. The summed E-state index contributed by atoms with van der Waals surface area (Å²) in [6.07, 6.45) is 6.17. The zero-order valence-electron chi connectivity index (χ0n) is 11.4. The molecule has 0 aromatic rings. The minimum atomic E-state index is -0.920. The number of aliphatic carboxylic acids is 1. The van der Waals surface area contributed by atoms with Gasteiger partial charge in [-0.15, -0.1) is 0 Å². The molecule has 1 aliphatic carbocycles. The van der Waals surface area contributed by atoms with E-state index in [4.69, 9.17) is 5.11 Å². The summed E-state index contributed by atoms with van der Waals surface area (Å²) >= 11 is 0. The Morgan fingerprint density at radius 2 is 2.11 bits per heavy atom. The molecule has 4 heteroatoms. The van der Waals surface area contributed by atoms with E-state index in [0.717, 1.165) is 25.7 Å². The topological polar surface area (TPSA) is 66.4 Å². The Hall–Kier alpha value is -1.06. The number of hydrogen-bond acceptors (Lipinski definition) is 2. The van der Waals surface area contributed by atoms with Gasteiger partial charge in [0.25, 0.3) is 0 Å². The molecule has 104 valence electrons. The fourth-order valence-corrected chi connectivity index (χ4v) is 2.69. The molecule has 1 amide bonds. The number of amides is 1. The minimum absolute atomic E-state index is 0.0994. The number of carboxylic acid groups (broad SMARTS) is 1. The highest BCUT2D eigenvalue weighted by atomic mass is 16.4. The van der Waals surface area contributed by atoms with Crippen LogP contribution in [0.1, 0.15) is 58.8 Å². The summed E-state index contributed by atoms with van der Waals surface area (Å²) in [5.41, 5.74) is 0. The first-order valence-electron chi connectivity index (χ1n) is 7.05. The Labute approximate surface area is 109 Å². The van der Waals surface area contributed by atoms with Crippen LogP contribution in [0.25, 0.3) is 0 Å². The maximum atomic E-state index is 11.8. The molecular formula is C14H25NO3. The standard InChI is InChI=1S/C14H25NO3/c1-3-4-5-12(14(17)18)15-13(16)9-11-7-6-10(2)8-11/h10-12H,3-9H2,1-2H3,(H,15,16)(H,17,18)/t10?,11?,12-/m0/s1. The van der Waals surface area contributed by atoms with E-state index in [2.05, 4.69) is 12.2 Å². The van der Waals surface area contributed by atoms with E-state index in [9.17, 15) is 9.59 Å². The molecule has 1 rings (SSSR count). The number of carboxylic acids is 1. The van der Waals surface area contributed by atoms with Crippen LogP contribution in [0, 0.1) is 11.8 Å². The van der Waals surface area contributed by atoms with E-state index in [1.54, 1.807) is 0 Å². The molecular weight excluding hydrogens is 230 g/mol. The lowest BCUT2D eigenvalue weighted by Crippen LogP contribution is -2.41. The Bertz CT molecular complexity index is 291. The third-order valence-corrected chi connectivity index (χ3v) is 3.76. The normalized spacial score (nSPS) is 24.8. The molecule has 0 aromatic carbocycles. The van der Waals surface area contributed by atoms with Crippen molar-refractivity contribution < 1.29 is 14.7 Å². The Balaban J connectivity index is 2.34. The van der Waals surface area contributed by atoms with Crippen molar-refractivity contribution in [1.82, 2.24) is 5.32 Å². The Kier molecular flexibility index (Phi) is 6.16. The zero-order chi connectivity index (χ0) is 13.5. The first kappa shape index (κ1) is 15.0. The van der Waals surface area contributed by atoms with Crippen molar-refractivity contribution >= 4 is 11.9 Å². The first-order chi connectivity index (χ1) is 8.52. The van der Waals surface area contributed by atoms with Gasteiger partial charge in [-0.05, 0) is 31.1 Å². The number of unbranched alkanes of at least 4 members (excludes halogenated alkanes) is 1. The molecule has 18 heavy (non-hydrogen) atoms. The first-order valence-corrected chi connectivity index (χ1v) is 7.05. The fraction of sp³-hybridized carbons (Fsp3) is 0.857. The van der Waals surface area contributed by atoms with Crippen LogP contribution in [-0.4, -0.2) is 23.0 Å². The number of rotatable bonds is 7. The average Bonchev–Trinajstić information content (AvgIpc) is 2.69. The summed E-state index contributed by atoms with van der Waals surface area (Å²) in [7, 11) is 0. The monoisotopic (exact) mass is 255 g/mol. The van der Waals surface area contributed by atoms with E-state index in [1.165, 1.54) is 6.42 Å². The van der Waals surface area contributed by atoms with Crippen molar-refractivity contribution in [2.45, 2.75) is 64.8 Å². The third-order valence-electron chi connectivity index (χ3n) is 3.76. The van der Waals surface area contributed by atoms with Crippen LogP contribution in [0.2, 0.25) is 0 Å². The molecule has 0 radical (unpaired) electrons. The fourth-order valence-electron chi connectivity index (χ4n) is 2.69. The molecule has 1 aliphatic rings. The summed E-state index contributed by atoms with van der Waals surface area (Å²) in [5, 5.41) is 11.7. The van der Waals surface area contributed by atoms with Crippen molar-refractivity contribution in [1.29, 1.82) is 0 Å². The SMILES string of the molecule is CCCC[C@H](NC(=O)CC1CCC(C)C1)C(=O)O. The number of hydrogen-bond donors (Lipinski definition) is 2. The highest BCUT2D eigenvalue weighted by Gasteiger charge is 2.25. The lowest BCUT2D eigenvalue weighted by atomic mass is 10.0. The summed E-state index contributed by atoms with van der Waals surface area (Å²) in [4.78, 5) is 22.8. The van der Waals surface area contributed by atoms with Gasteiger partial charge in [-0.2, -0.15) is 0 Å². The molecule has 2 unspecified atom stereocenters. The lowest BCUT2D eigenvalue weighted by Gasteiger charge is -2.16. The number of carbonyl (C=O) groups is 2. The van der Waals surface area contributed by atoms with Gasteiger partial charge in [-0.3, -0.25) is 4.79 Å². The van der Waals surface area contributed by atoms with Crippen molar-refractivity contribution in [2.24, 2.45) is 11.8 Å². The summed E-state index contributed by atoms with van der Waals surface area (Å²) < 4.78 is 0. The maximum absolute atomic E-state index is 11.8. The lowest BCUT2D eigenvalue weighted by molar-refractivity contribution is -0.142. The number of nitrogens with one attached hydrogen (secondary N) is 1. The van der Waals surface area contributed by atoms with Crippen molar-refractivity contribution in [3.05, 3.63) is 0 Å². The number of carbonyl (C=O) groups excluding carboxylic acids is 1. The highest BCUT2D eigenvalue weighted by molar-refractivity contribution is 5.83. The highest BCUT2D eigenvalue weighted by Crippen LogP contribution is 2.32. The third kappa shape index (κ3) is 5.07. The van der Waals surface area contributed by atoms with E-state index < -0.39 is 12.0 Å². The average molecular weight is 255 g/mol. The minimum Gasteiger partial charge on any atom is -0.480 e. The zero-order valence-corrected chi connectivity index (χ0v) is 11.4. The van der Waals surface area contributed by atoms with E-state index in [1.807, 2.05) is 6.92 Å². The molecule has 0 bridgehead atoms. The van der Waals surface area contributed by atoms with Crippen LogP contribution in [0.4, 0.5) is 0 Å². The Morgan fingerprint density at radius 3 is 2.61 bits per heavy atom. The van der Waals surface area contributed by atoms with Crippen molar-refractivity contribution in [2.75, 3.05) is 0 Å². The van der Waals surface area contributed by atoms with Gasteiger partial charge in [0.15, 0.2) is 0 Å². The van der Waals surface area contributed by atoms with Gasteiger partial charge in [-0.1, -0.05) is 33.1 Å². The molecule has 3 atom stereocenters. The quantitative estimate of drug-likeness (QED) is 0.734. The Morgan fingerprint density at radius 1 is 1.39 bits per heavy atom. The van der Waals surface area contributed by atoms with Gasteiger partial charge < -0.3 is 10.4 Å². The maximum Gasteiger partial charge on any atom is 0.326 e. The molecule has 1 fully saturated rings. The van der Waals surface area contributed by atoms with Gasteiger partial charge in [0.1, 0.15) is 6.04 Å². The van der Waals surface area contributed by atoms with Crippen LogP contribution >= 0.6 is 0 Å². The largest absolute Gasteiger partial charge is 0.480 e.